The van der Waals surface area contributed by atoms with Gasteiger partial charge in [0.2, 0.25) is 0 Å². The first-order chi connectivity index (χ1) is 17.4. The van der Waals surface area contributed by atoms with Gasteiger partial charge in [-0.15, -0.1) is 11.3 Å². The van der Waals surface area contributed by atoms with Gasteiger partial charge in [-0.05, 0) is 46.7 Å². The number of thiazole rings is 1. The van der Waals surface area contributed by atoms with Crippen LogP contribution in [0.4, 0.5) is 0 Å². The fraction of sp³-hybridized carbons (Fsp3) is 0.0357. The molecule has 2 N–H and O–H groups in total. The van der Waals surface area contributed by atoms with Crippen LogP contribution in [0.15, 0.2) is 90.3 Å². The molecule has 0 fully saturated rings. The highest BCUT2D eigenvalue weighted by molar-refractivity contribution is 7.13. The predicted octanol–water partition coefficient (Wildman–Crippen LogP) is 7.49. The minimum Gasteiger partial charge on any atom is -0.479 e. The third-order valence-corrected chi connectivity index (χ3v) is 7.35. The van der Waals surface area contributed by atoms with Gasteiger partial charge in [-0.2, -0.15) is 0 Å². The summed E-state index contributed by atoms with van der Waals surface area (Å²) in [5.74, 6) is -1.72. The van der Waals surface area contributed by atoms with Crippen LogP contribution in [0.5, 0.6) is 0 Å². The maximum absolute atomic E-state index is 13.0. The molecule has 0 aliphatic rings. The average molecular weight is 533 g/mol. The van der Waals surface area contributed by atoms with Gasteiger partial charge in [-0.25, -0.2) is 9.78 Å². The lowest BCUT2D eigenvalue weighted by atomic mass is 10.0. The summed E-state index contributed by atoms with van der Waals surface area (Å²) < 4.78 is 0. The summed E-state index contributed by atoms with van der Waals surface area (Å²) in [7, 11) is 0. The molecule has 0 aliphatic heterocycles. The molecule has 1 heterocycles. The van der Waals surface area contributed by atoms with Crippen LogP contribution < -0.4 is 5.32 Å². The topological polar surface area (TPSA) is 79.3 Å². The minimum absolute atomic E-state index is 0.213. The Labute approximate surface area is 221 Å². The molecule has 0 aliphatic carbocycles. The second-order valence-corrected chi connectivity index (χ2v) is 9.77. The van der Waals surface area contributed by atoms with E-state index in [4.69, 9.17) is 28.2 Å². The number of carboxylic acids is 1. The summed E-state index contributed by atoms with van der Waals surface area (Å²) in [6.45, 7) is 0. The fourth-order valence-electron chi connectivity index (χ4n) is 3.86. The number of halogens is 2. The van der Waals surface area contributed by atoms with Crippen molar-refractivity contribution in [3.05, 3.63) is 111 Å². The Balaban J connectivity index is 1.42. The normalized spacial score (nSPS) is 11.8. The average Bonchev–Trinajstić information content (AvgIpc) is 3.39. The first-order valence-electron chi connectivity index (χ1n) is 10.9. The first-order valence-corrected chi connectivity index (χ1v) is 12.6. The number of nitrogens with zero attached hydrogens (tertiary/aromatic N) is 1. The van der Waals surface area contributed by atoms with Crippen LogP contribution in [-0.4, -0.2) is 22.0 Å². The zero-order valence-corrected chi connectivity index (χ0v) is 20.9. The van der Waals surface area contributed by atoms with E-state index in [9.17, 15) is 14.7 Å². The molecule has 0 radical (unpaired) electrons. The van der Waals surface area contributed by atoms with Crippen molar-refractivity contribution < 1.29 is 14.7 Å². The Morgan fingerprint density at radius 3 is 2.36 bits per heavy atom. The third kappa shape index (κ3) is 4.97. The number of hydrogen-bond acceptors (Lipinski definition) is 4. The molecule has 5 nitrogen and oxygen atoms in total. The molecule has 0 spiro atoms. The second kappa shape index (κ2) is 10.1. The molecule has 36 heavy (non-hydrogen) atoms. The number of hydrogen-bond donors (Lipinski definition) is 2. The molecule has 178 valence electrons. The summed E-state index contributed by atoms with van der Waals surface area (Å²) in [5.41, 5.74) is 3.56. The molecule has 0 bridgehead atoms. The van der Waals surface area contributed by atoms with E-state index in [1.165, 1.54) is 18.2 Å². The zero-order chi connectivity index (χ0) is 25.2. The molecule has 5 rings (SSSR count). The predicted molar refractivity (Wildman–Crippen MR) is 145 cm³/mol. The van der Waals surface area contributed by atoms with Gasteiger partial charge >= 0.3 is 5.97 Å². The van der Waals surface area contributed by atoms with Gasteiger partial charge in [0.05, 0.1) is 15.7 Å². The smallest absolute Gasteiger partial charge is 0.330 e. The van der Waals surface area contributed by atoms with Gasteiger partial charge in [-0.3, -0.25) is 4.79 Å². The minimum atomic E-state index is -1.28. The Morgan fingerprint density at radius 2 is 1.61 bits per heavy atom. The van der Waals surface area contributed by atoms with Gasteiger partial charge < -0.3 is 10.4 Å². The molecule has 1 unspecified atom stereocenters. The maximum Gasteiger partial charge on any atom is 0.330 e. The Kier molecular flexibility index (Phi) is 6.74. The van der Waals surface area contributed by atoms with Crippen molar-refractivity contribution in [3.63, 3.8) is 0 Å². The van der Waals surface area contributed by atoms with Crippen molar-refractivity contribution in [2.75, 3.05) is 0 Å². The number of nitrogens with one attached hydrogen (secondary N) is 1. The lowest BCUT2D eigenvalue weighted by Crippen LogP contribution is -2.33. The van der Waals surface area contributed by atoms with E-state index in [1.807, 2.05) is 60.0 Å². The maximum atomic E-state index is 13.0. The Morgan fingerprint density at radius 1 is 0.833 bits per heavy atom. The van der Waals surface area contributed by atoms with Gasteiger partial charge in [0.15, 0.2) is 6.04 Å². The standard InChI is InChI=1S/C28H18Cl2N2O3S/c29-22-11-10-18(14-23(22)30)25(28(34)35)32-26(33)19-8-6-16-7-9-20(13-21(16)12-19)27-31-24(15-36-27)17-4-2-1-3-5-17/h1-15,25H,(H,32,33)(H,34,35). The lowest BCUT2D eigenvalue weighted by molar-refractivity contribution is -0.139. The molecule has 0 saturated carbocycles. The molecule has 4 aromatic carbocycles. The highest BCUT2D eigenvalue weighted by atomic mass is 35.5. The molecule has 1 aromatic heterocycles. The summed E-state index contributed by atoms with van der Waals surface area (Å²) in [5, 5.41) is 17.5. The quantitative estimate of drug-likeness (QED) is 0.237. The van der Waals surface area contributed by atoms with Crippen LogP contribution in [0.3, 0.4) is 0 Å². The molecular formula is C28H18Cl2N2O3S. The largest absolute Gasteiger partial charge is 0.479 e. The second-order valence-electron chi connectivity index (χ2n) is 8.10. The number of amides is 1. The van der Waals surface area contributed by atoms with Crippen LogP contribution in [0.25, 0.3) is 32.6 Å². The van der Waals surface area contributed by atoms with Crippen molar-refractivity contribution in [1.82, 2.24) is 10.3 Å². The van der Waals surface area contributed by atoms with Crippen molar-refractivity contribution in [2.24, 2.45) is 0 Å². The summed E-state index contributed by atoms with van der Waals surface area (Å²) in [6, 6.07) is 24.4. The fourth-order valence-corrected chi connectivity index (χ4v) is 5.00. The number of aliphatic carboxylic acids is 1. The number of carbonyl (C=O) groups excluding carboxylic acids is 1. The summed E-state index contributed by atoms with van der Waals surface area (Å²) >= 11 is 13.5. The van der Waals surface area contributed by atoms with E-state index in [-0.39, 0.29) is 5.02 Å². The SMILES string of the molecule is O=C(NC(C(=O)O)c1ccc(Cl)c(Cl)c1)c1ccc2ccc(-c3nc(-c4ccccc4)cs3)cc2c1. The van der Waals surface area contributed by atoms with Crippen molar-refractivity contribution in [2.45, 2.75) is 6.04 Å². The van der Waals surface area contributed by atoms with Crippen LogP contribution in [-0.2, 0) is 4.79 Å². The van der Waals surface area contributed by atoms with Crippen LogP contribution in [0.1, 0.15) is 22.0 Å². The number of rotatable bonds is 6. The molecule has 1 amide bonds. The van der Waals surface area contributed by atoms with Crippen LogP contribution >= 0.6 is 34.5 Å². The highest BCUT2D eigenvalue weighted by Gasteiger charge is 2.23. The Bertz CT molecular complexity index is 1600. The molecule has 0 saturated heterocycles. The summed E-state index contributed by atoms with van der Waals surface area (Å²) in [6.07, 6.45) is 0. The number of carbonyl (C=O) groups is 2. The summed E-state index contributed by atoms with van der Waals surface area (Å²) in [4.78, 5) is 29.7. The van der Waals surface area contributed by atoms with E-state index in [0.29, 0.717) is 16.1 Å². The van der Waals surface area contributed by atoms with Crippen molar-refractivity contribution in [1.29, 1.82) is 0 Å². The van der Waals surface area contributed by atoms with E-state index < -0.39 is 17.9 Å². The van der Waals surface area contributed by atoms with Crippen molar-refractivity contribution in [3.8, 4) is 21.8 Å². The third-order valence-electron chi connectivity index (χ3n) is 5.72. The number of benzene rings is 4. The number of fused-ring (bicyclic) bond motifs is 1. The first kappa shape index (κ1) is 24.0. The van der Waals surface area contributed by atoms with Crippen LogP contribution in [0.2, 0.25) is 10.0 Å². The van der Waals surface area contributed by atoms with E-state index in [2.05, 4.69) is 5.32 Å². The molecule has 8 heteroatoms. The monoisotopic (exact) mass is 532 g/mol. The van der Waals surface area contributed by atoms with Gasteiger partial charge in [0.1, 0.15) is 5.01 Å². The van der Waals surface area contributed by atoms with Crippen molar-refractivity contribution >= 4 is 57.2 Å². The van der Waals surface area contributed by atoms with Gasteiger partial charge in [0, 0.05) is 22.1 Å². The highest BCUT2D eigenvalue weighted by Crippen LogP contribution is 2.31. The lowest BCUT2D eigenvalue weighted by Gasteiger charge is -2.16. The van der Waals surface area contributed by atoms with Gasteiger partial charge in [-0.1, -0.05) is 77.8 Å². The zero-order valence-electron chi connectivity index (χ0n) is 18.6. The number of carboxylic acid groups (broad SMARTS) is 1. The molecule has 5 aromatic rings. The van der Waals surface area contributed by atoms with E-state index in [0.717, 1.165) is 32.6 Å². The molecule has 1 atom stereocenters. The Hall–Kier alpha value is -3.71. The van der Waals surface area contributed by atoms with E-state index >= 15 is 0 Å². The van der Waals surface area contributed by atoms with E-state index in [1.54, 1.807) is 23.5 Å². The molecular weight excluding hydrogens is 515 g/mol. The number of aromatic nitrogens is 1. The van der Waals surface area contributed by atoms with Crippen LogP contribution in [0, 0.1) is 0 Å². The van der Waals surface area contributed by atoms with Gasteiger partial charge in [0.25, 0.3) is 5.91 Å².